The van der Waals surface area contributed by atoms with Crippen LogP contribution >= 0.6 is 0 Å². The zero-order valence-electron chi connectivity index (χ0n) is 12.1. The first-order chi connectivity index (χ1) is 8.88. The molecule has 1 aromatic carbocycles. The standard InChI is InChI=1S/C16H24N2O/c1-16(2,3)14-8-4-6-12(10-14)13-7-5-9-18(11-13)15(17)19/h4,6,8,10,13H,5,7,9,11H2,1-3H3,(H2,17,19). The van der Waals surface area contributed by atoms with Crippen LogP contribution in [0, 0.1) is 0 Å². The van der Waals surface area contributed by atoms with E-state index in [1.165, 1.54) is 11.1 Å². The highest BCUT2D eigenvalue weighted by Crippen LogP contribution is 2.30. The topological polar surface area (TPSA) is 46.3 Å². The molecule has 3 heteroatoms. The van der Waals surface area contributed by atoms with Gasteiger partial charge in [0.1, 0.15) is 0 Å². The molecule has 19 heavy (non-hydrogen) atoms. The minimum atomic E-state index is -0.295. The number of amides is 2. The van der Waals surface area contributed by atoms with Gasteiger partial charge in [0.2, 0.25) is 0 Å². The van der Waals surface area contributed by atoms with Crippen LogP contribution in [0.5, 0.6) is 0 Å². The van der Waals surface area contributed by atoms with Crippen molar-refractivity contribution in [1.82, 2.24) is 4.90 Å². The number of carbonyl (C=O) groups excluding carboxylic acids is 1. The second-order valence-electron chi connectivity index (χ2n) is 6.50. The van der Waals surface area contributed by atoms with E-state index in [0.29, 0.717) is 5.92 Å². The number of hydrogen-bond acceptors (Lipinski definition) is 1. The van der Waals surface area contributed by atoms with Crippen LogP contribution in [0.1, 0.15) is 50.7 Å². The van der Waals surface area contributed by atoms with Crippen molar-refractivity contribution in [3.63, 3.8) is 0 Å². The molecule has 0 aliphatic carbocycles. The van der Waals surface area contributed by atoms with E-state index >= 15 is 0 Å². The van der Waals surface area contributed by atoms with Gasteiger partial charge in [-0.05, 0) is 29.4 Å². The first kappa shape index (κ1) is 13.9. The van der Waals surface area contributed by atoms with Crippen LogP contribution in [0.3, 0.4) is 0 Å². The predicted molar refractivity (Wildman–Crippen MR) is 78.3 cm³/mol. The summed E-state index contributed by atoms with van der Waals surface area (Å²) in [6, 6.07) is 8.47. The Morgan fingerprint density at radius 1 is 1.37 bits per heavy atom. The fraction of sp³-hybridized carbons (Fsp3) is 0.562. The minimum Gasteiger partial charge on any atom is -0.351 e. The molecule has 1 atom stereocenters. The summed E-state index contributed by atoms with van der Waals surface area (Å²) in [5.41, 5.74) is 8.23. The van der Waals surface area contributed by atoms with Crippen molar-refractivity contribution in [1.29, 1.82) is 0 Å². The lowest BCUT2D eigenvalue weighted by Crippen LogP contribution is -2.42. The lowest BCUT2D eigenvalue weighted by Gasteiger charge is -2.32. The quantitative estimate of drug-likeness (QED) is 0.827. The van der Waals surface area contributed by atoms with Gasteiger partial charge in [-0.15, -0.1) is 0 Å². The maximum absolute atomic E-state index is 11.3. The first-order valence-electron chi connectivity index (χ1n) is 7.03. The summed E-state index contributed by atoms with van der Waals surface area (Å²) in [6.07, 6.45) is 2.17. The maximum atomic E-state index is 11.3. The Kier molecular flexibility index (Phi) is 3.83. The Labute approximate surface area is 115 Å². The number of rotatable bonds is 1. The predicted octanol–water partition coefficient (Wildman–Crippen LogP) is 3.24. The van der Waals surface area contributed by atoms with Crippen molar-refractivity contribution < 1.29 is 4.79 Å². The molecule has 1 fully saturated rings. The first-order valence-corrected chi connectivity index (χ1v) is 7.03. The number of likely N-dealkylation sites (tertiary alicyclic amines) is 1. The highest BCUT2D eigenvalue weighted by atomic mass is 16.2. The van der Waals surface area contributed by atoms with Gasteiger partial charge in [0.25, 0.3) is 0 Å². The Morgan fingerprint density at radius 3 is 2.74 bits per heavy atom. The highest BCUT2D eigenvalue weighted by molar-refractivity contribution is 5.72. The summed E-state index contributed by atoms with van der Waals surface area (Å²) in [5, 5.41) is 0. The van der Waals surface area contributed by atoms with Gasteiger partial charge in [-0.1, -0.05) is 45.0 Å². The van der Waals surface area contributed by atoms with Gasteiger partial charge in [0.15, 0.2) is 0 Å². The Balaban J connectivity index is 2.20. The van der Waals surface area contributed by atoms with E-state index in [1.807, 2.05) is 0 Å². The minimum absolute atomic E-state index is 0.161. The van der Waals surface area contributed by atoms with Crippen molar-refractivity contribution in [3.05, 3.63) is 35.4 Å². The molecule has 0 bridgehead atoms. The third kappa shape index (κ3) is 3.28. The van der Waals surface area contributed by atoms with Crippen LogP contribution in [-0.2, 0) is 5.41 Å². The van der Waals surface area contributed by atoms with Crippen molar-refractivity contribution in [2.75, 3.05) is 13.1 Å². The normalized spacial score (nSPS) is 20.4. The number of nitrogens with two attached hydrogens (primary N) is 1. The fourth-order valence-corrected chi connectivity index (χ4v) is 2.71. The third-order valence-corrected chi connectivity index (χ3v) is 3.96. The van der Waals surface area contributed by atoms with Crippen molar-refractivity contribution in [3.8, 4) is 0 Å². The zero-order chi connectivity index (χ0) is 14.0. The molecule has 1 aliphatic rings. The SMILES string of the molecule is CC(C)(C)c1cccc(C2CCCN(C(N)=O)C2)c1. The summed E-state index contributed by atoms with van der Waals surface area (Å²) >= 11 is 0. The molecule has 2 rings (SSSR count). The van der Waals surface area contributed by atoms with Gasteiger partial charge in [-0.3, -0.25) is 0 Å². The molecular weight excluding hydrogens is 236 g/mol. The van der Waals surface area contributed by atoms with E-state index in [2.05, 4.69) is 45.0 Å². The highest BCUT2D eigenvalue weighted by Gasteiger charge is 2.24. The van der Waals surface area contributed by atoms with Gasteiger partial charge in [-0.2, -0.15) is 0 Å². The molecule has 3 nitrogen and oxygen atoms in total. The molecule has 0 aromatic heterocycles. The summed E-state index contributed by atoms with van der Waals surface area (Å²) in [7, 11) is 0. The van der Waals surface area contributed by atoms with Crippen LogP contribution in [0.2, 0.25) is 0 Å². The summed E-state index contributed by atoms with van der Waals surface area (Å²) in [5.74, 6) is 0.420. The van der Waals surface area contributed by atoms with Crippen molar-refractivity contribution in [2.45, 2.75) is 44.9 Å². The smallest absolute Gasteiger partial charge is 0.314 e. The molecule has 0 radical (unpaired) electrons. The molecular formula is C16H24N2O. The molecule has 1 aromatic rings. The van der Waals surface area contributed by atoms with Crippen molar-refractivity contribution >= 4 is 6.03 Å². The molecule has 1 aliphatic heterocycles. The zero-order valence-corrected chi connectivity index (χ0v) is 12.1. The van der Waals surface area contributed by atoms with Crippen LogP contribution in [0.15, 0.2) is 24.3 Å². The van der Waals surface area contributed by atoms with E-state index in [9.17, 15) is 4.79 Å². The van der Waals surface area contributed by atoms with E-state index in [-0.39, 0.29) is 11.4 Å². The average molecular weight is 260 g/mol. The largest absolute Gasteiger partial charge is 0.351 e. The number of urea groups is 1. The molecule has 2 N–H and O–H groups in total. The van der Waals surface area contributed by atoms with Gasteiger partial charge < -0.3 is 10.6 Å². The van der Waals surface area contributed by atoms with Crippen LogP contribution in [0.25, 0.3) is 0 Å². The number of benzene rings is 1. The fourth-order valence-electron chi connectivity index (χ4n) is 2.71. The summed E-state index contributed by atoms with van der Waals surface area (Å²) in [6.45, 7) is 8.22. The second kappa shape index (κ2) is 5.24. The maximum Gasteiger partial charge on any atom is 0.314 e. The molecule has 104 valence electrons. The average Bonchev–Trinajstić information content (AvgIpc) is 2.38. The molecule has 1 saturated heterocycles. The van der Waals surface area contributed by atoms with Crippen LogP contribution in [0.4, 0.5) is 4.79 Å². The number of nitrogens with zero attached hydrogens (tertiary/aromatic N) is 1. The molecule has 1 heterocycles. The monoisotopic (exact) mass is 260 g/mol. The lowest BCUT2D eigenvalue weighted by molar-refractivity contribution is 0.189. The van der Waals surface area contributed by atoms with E-state index in [1.54, 1.807) is 4.90 Å². The van der Waals surface area contributed by atoms with Gasteiger partial charge >= 0.3 is 6.03 Å². The van der Waals surface area contributed by atoms with Crippen LogP contribution < -0.4 is 5.73 Å². The Bertz CT molecular complexity index is 462. The second-order valence-corrected chi connectivity index (χ2v) is 6.50. The molecule has 2 amide bonds. The van der Waals surface area contributed by atoms with Crippen LogP contribution in [-0.4, -0.2) is 24.0 Å². The lowest BCUT2D eigenvalue weighted by atomic mass is 9.83. The van der Waals surface area contributed by atoms with Crippen molar-refractivity contribution in [2.24, 2.45) is 5.73 Å². The number of primary amides is 1. The van der Waals surface area contributed by atoms with Gasteiger partial charge in [0, 0.05) is 19.0 Å². The Morgan fingerprint density at radius 2 is 2.11 bits per heavy atom. The van der Waals surface area contributed by atoms with Gasteiger partial charge in [-0.25, -0.2) is 4.79 Å². The Hall–Kier alpha value is -1.51. The number of carbonyl (C=O) groups is 1. The van der Waals surface area contributed by atoms with E-state index in [0.717, 1.165) is 25.9 Å². The number of piperidine rings is 1. The van der Waals surface area contributed by atoms with E-state index < -0.39 is 0 Å². The molecule has 1 unspecified atom stereocenters. The third-order valence-electron chi connectivity index (χ3n) is 3.96. The number of hydrogen-bond donors (Lipinski definition) is 1. The van der Waals surface area contributed by atoms with E-state index in [4.69, 9.17) is 5.73 Å². The van der Waals surface area contributed by atoms with Gasteiger partial charge in [0.05, 0.1) is 0 Å². The molecule has 0 spiro atoms. The molecule has 0 saturated carbocycles. The summed E-state index contributed by atoms with van der Waals surface area (Å²) < 4.78 is 0. The summed E-state index contributed by atoms with van der Waals surface area (Å²) in [4.78, 5) is 13.1.